The average molecular weight is 333 g/mol. The highest BCUT2D eigenvalue weighted by atomic mass is 16.4. The van der Waals surface area contributed by atoms with E-state index in [-0.39, 0.29) is 30.4 Å². The fraction of sp³-hybridized carbons (Fsp3) is 0.579. The number of aliphatic carboxylic acids is 1. The van der Waals surface area contributed by atoms with Gasteiger partial charge >= 0.3 is 5.97 Å². The lowest BCUT2D eigenvalue weighted by molar-refractivity contribution is -0.141. The Morgan fingerprint density at radius 3 is 2.42 bits per heavy atom. The minimum absolute atomic E-state index is 0.00955. The van der Waals surface area contributed by atoms with Gasteiger partial charge in [-0.15, -0.1) is 0 Å². The predicted molar refractivity (Wildman–Crippen MR) is 91.9 cm³/mol. The van der Waals surface area contributed by atoms with Crippen LogP contribution in [-0.2, 0) is 9.59 Å². The highest BCUT2D eigenvalue weighted by Gasteiger charge is 2.33. The maximum atomic E-state index is 12.6. The Morgan fingerprint density at radius 1 is 1.21 bits per heavy atom. The third-order valence-corrected chi connectivity index (χ3v) is 4.89. The zero-order valence-corrected chi connectivity index (χ0v) is 14.7. The Hall–Kier alpha value is -2.04. The number of hydrogen-bond donors (Lipinski definition) is 2. The molecule has 0 radical (unpaired) electrons. The lowest BCUT2D eigenvalue weighted by Gasteiger charge is -2.38. The highest BCUT2D eigenvalue weighted by Crippen LogP contribution is 2.34. The zero-order valence-electron chi connectivity index (χ0n) is 14.7. The van der Waals surface area contributed by atoms with Gasteiger partial charge in [0.25, 0.3) is 0 Å². The molecule has 1 aromatic rings. The van der Waals surface area contributed by atoms with Crippen LogP contribution in [0.25, 0.3) is 0 Å². The van der Waals surface area contributed by atoms with Crippen molar-refractivity contribution in [3.63, 3.8) is 0 Å². The van der Waals surface area contributed by atoms with Gasteiger partial charge in [-0.05, 0) is 35.4 Å². The Bertz CT molecular complexity index is 594. The van der Waals surface area contributed by atoms with Crippen LogP contribution in [0.4, 0.5) is 0 Å². The van der Waals surface area contributed by atoms with Gasteiger partial charge in [-0.2, -0.15) is 0 Å². The van der Waals surface area contributed by atoms with Gasteiger partial charge in [-0.25, -0.2) is 0 Å². The summed E-state index contributed by atoms with van der Waals surface area (Å²) in [5.41, 5.74) is 0.586. The summed E-state index contributed by atoms with van der Waals surface area (Å²) in [5, 5.41) is 18.4. The largest absolute Gasteiger partial charge is 0.508 e. The van der Waals surface area contributed by atoms with Crippen molar-refractivity contribution in [2.75, 3.05) is 13.1 Å². The molecule has 0 bridgehead atoms. The van der Waals surface area contributed by atoms with Crippen molar-refractivity contribution in [1.29, 1.82) is 0 Å². The first-order chi connectivity index (χ1) is 11.2. The monoisotopic (exact) mass is 333 g/mol. The molecule has 132 valence electrons. The molecule has 1 saturated heterocycles. The number of phenolic OH excluding ortho intramolecular Hbond substituents is 1. The normalized spacial score (nSPS) is 21.5. The third-order valence-electron chi connectivity index (χ3n) is 4.89. The maximum absolute atomic E-state index is 12.6. The molecule has 0 aromatic heterocycles. The van der Waals surface area contributed by atoms with E-state index in [1.807, 2.05) is 30.9 Å². The number of carbonyl (C=O) groups is 2. The van der Waals surface area contributed by atoms with Crippen molar-refractivity contribution >= 4 is 11.9 Å². The molecule has 1 aliphatic heterocycles. The minimum atomic E-state index is -0.873. The van der Waals surface area contributed by atoms with Crippen LogP contribution < -0.4 is 0 Å². The van der Waals surface area contributed by atoms with Crippen LogP contribution in [0.3, 0.4) is 0 Å². The number of aromatic hydroxyl groups is 1. The summed E-state index contributed by atoms with van der Waals surface area (Å²) in [6, 6.07) is 7.19. The minimum Gasteiger partial charge on any atom is -0.508 e. The molecule has 0 saturated carbocycles. The molecule has 2 N–H and O–H groups in total. The summed E-state index contributed by atoms with van der Waals surface area (Å²) in [6.45, 7) is 7.20. The Balaban J connectivity index is 2.05. The van der Waals surface area contributed by atoms with Crippen molar-refractivity contribution < 1.29 is 19.8 Å². The molecule has 1 aromatic carbocycles. The van der Waals surface area contributed by atoms with E-state index in [9.17, 15) is 14.7 Å². The van der Waals surface area contributed by atoms with Gasteiger partial charge in [0.1, 0.15) is 5.75 Å². The van der Waals surface area contributed by atoms with Crippen LogP contribution >= 0.6 is 0 Å². The van der Waals surface area contributed by atoms with Crippen LogP contribution in [0.5, 0.6) is 5.75 Å². The van der Waals surface area contributed by atoms with Crippen LogP contribution in [0, 0.1) is 11.3 Å². The van der Waals surface area contributed by atoms with Crippen molar-refractivity contribution in [3.8, 4) is 5.75 Å². The average Bonchev–Trinajstić information content (AvgIpc) is 2.46. The van der Waals surface area contributed by atoms with Gasteiger partial charge in [-0.1, -0.05) is 32.9 Å². The SMILES string of the molecule is C[C@@H]1CCN(C(=O)CC(C)(C)CC(=O)O)C[C@@H]1c1ccc(O)cc1. The molecule has 1 amide bonds. The van der Waals surface area contributed by atoms with Gasteiger partial charge in [0.2, 0.25) is 5.91 Å². The molecule has 0 spiro atoms. The number of carbonyl (C=O) groups excluding carboxylic acids is 1. The topological polar surface area (TPSA) is 77.8 Å². The smallest absolute Gasteiger partial charge is 0.303 e. The molecule has 2 rings (SSSR count). The number of nitrogens with zero attached hydrogens (tertiary/aromatic N) is 1. The number of amides is 1. The Morgan fingerprint density at radius 2 is 1.83 bits per heavy atom. The van der Waals surface area contributed by atoms with Gasteiger partial charge in [0.05, 0.1) is 6.42 Å². The van der Waals surface area contributed by atoms with Crippen LogP contribution in [0.2, 0.25) is 0 Å². The quantitative estimate of drug-likeness (QED) is 0.867. The molecule has 24 heavy (non-hydrogen) atoms. The number of benzene rings is 1. The summed E-state index contributed by atoms with van der Waals surface area (Å²) in [6.07, 6.45) is 1.16. The molecule has 0 unspecified atom stereocenters. The number of phenols is 1. The van der Waals surface area contributed by atoms with Crippen LogP contribution in [0.15, 0.2) is 24.3 Å². The maximum Gasteiger partial charge on any atom is 0.303 e. The lowest BCUT2D eigenvalue weighted by atomic mass is 9.80. The fourth-order valence-electron chi connectivity index (χ4n) is 3.44. The molecule has 1 fully saturated rings. The lowest BCUT2D eigenvalue weighted by Crippen LogP contribution is -2.43. The van der Waals surface area contributed by atoms with E-state index in [1.165, 1.54) is 0 Å². The van der Waals surface area contributed by atoms with Gasteiger partial charge in [0, 0.05) is 25.4 Å². The second-order valence-corrected chi connectivity index (χ2v) is 7.72. The third kappa shape index (κ3) is 4.73. The fourth-order valence-corrected chi connectivity index (χ4v) is 3.44. The summed E-state index contributed by atoms with van der Waals surface area (Å²) < 4.78 is 0. The number of carboxylic acids is 1. The standard InChI is InChI=1S/C19H27NO4/c1-13-8-9-20(17(22)10-19(2,3)11-18(23)24)12-16(13)14-4-6-15(21)7-5-14/h4-7,13,16,21H,8-12H2,1-3H3,(H,23,24)/t13-,16+/m1/s1. The molecule has 5 nitrogen and oxygen atoms in total. The molecule has 5 heteroatoms. The predicted octanol–water partition coefficient (Wildman–Crippen LogP) is 3.24. The second-order valence-electron chi connectivity index (χ2n) is 7.72. The summed E-state index contributed by atoms with van der Waals surface area (Å²) in [7, 11) is 0. The van der Waals surface area contributed by atoms with E-state index in [0.29, 0.717) is 12.5 Å². The van der Waals surface area contributed by atoms with E-state index in [1.54, 1.807) is 12.1 Å². The Kier molecular flexibility index (Phi) is 5.52. The number of likely N-dealkylation sites (tertiary alicyclic amines) is 1. The molecule has 0 aliphatic carbocycles. The number of rotatable bonds is 5. The zero-order chi connectivity index (χ0) is 17.9. The molecule has 1 aliphatic rings. The molecular weight excluding hydrogens is 306 g/mol. The highest BCUT2D eigenvalue weighted by molar-refractivity contribution is 5.78. The van der Waals surface area contributed by atoms with Crippen LogP contribution in [-0.4, -0.2) is 40.1 Å². The van der Waals surface area contributed by atoms with E-state index < -0.39 is 11.4 Å². The number of piperidine rings is 1. The molecule has 1 heterocycles. The van der Waals surface area contributed by atoms with Gasteiger partial charge in [0.15, 0.2) is 0 Å². The van der Waals surface area contributed by atoms with Crippen molar-refractivity contribution in [3.05, 3.63) is 29.8 Å². The van der Waals surface area contributed by atoms with Crippen molar-refractivity contribution in [1.82, 2.24) is 4.90 Å². The van der Waals surface area contributed by atoms with E-state index in [2.05, 4.69) is 6.92 Å². The van der Waals surface area contributed by atoms with E-state index >= 15 is 0 Å². The Labute approximate surface area is 143 Å². The van der Waals surface area contributed by atoms with Gasteiger partial charge in [-0.3, -0.25) is 9.59 Å². The summed E-state index contributed by atoms with van der Waals surface area (Å²) in [4.78, 5) is 25.4. The van der Waals surface area contributed by atoms with E-state index in [4.69, 9.17) is 5.11 Å². The number of carboxylic acid groups (broad SMARTS) is 1. The first-order valence-electron chi connectivity index (χ1n) is 8.46. The number of hydrogen-bond acceptors (Lipinski definition) is 3. The first kappa shape index (κ1) is 18.3. The van der Waals surface area contributed by atoms with Crippen molar-refractivity contribution in [2.45, 2.75) is 46.0 Å². The first-order valence-corrected chi connectivity index (χ1v) is 8.46. The van der Waals surface area contributed by atoms with Crippen LogP contribution in [0.1, 0.15) is 51.5 Å². The summed E-state index contributed by atoms with van der Waals surface area (Å²) in [5.74, 6) is 0.0982. The molecular formula is C19H27NO4. The van der Waals surface area contributed by atoms with E-state index in [0.717, 1.165) is 18.5 Å². The van der Waals surface area contributed by atoms with Gasteiger partial charge < -0.3 is 15.1 Å². The second kappa shape index (κ2) is 7.24. The van der Waals surface area contributed by atoms with Crippen molar-refractivity contribution in [2.24, 2.45) is 11.3 Å². The molecule has 2 atom stereocenters. The summed E-state index contributed by atoms with van der Waals surface area (Å²) >= 11 is 0.